The van der Waals surface area contributed by atoms with Crippen molar-refractivity contribution >= 4 is 17.0 Å². The molecule has 0 spiro atoms. The van der Waals surface area contributed by atoms with Gasteiger partial charge < -0.3 is 14.6 Å². The van der Waals surface area contributed by atoms with E-state index in [-0.39, 0.29) is 6.04 Å². The van der Waals surface area contributed by atoms with Crippen LogP contribution in [-0.4, -0.2) is 24.0 Å². The number of aryl methyl sites for hydroxylation is 1. The van der Waals surface area contributed by atoms with Crippen molar-refractivity contribution in [3.8, 4) is 11.5 Å². The fourth-order valence-corrected chi connectivity index (χ4v) is 3.33. The van der Waals surface area contributed by atoms with E-state index in [1.165, 1.54) is 4.88 Å². The highest BCUT2D eigenvalue weighted by Gasteiger charge is 2.15. The van der Waals surface area contributed by atoms with Crippen LogP contribution >= 0.6 is 11.3 Å². The van der Waals surface area contributed by atoms with Gasteiger partial charge in [-0.25, -0.2) is 0 Å². The highest BCUT2D eigenvalue weighted by molar-refractivity contribution is 7.10. The first-order valence-corrected chi connectivity index (χ1v) is 8.91. The second kappa shape index (κ2) is 7.20. The maximum atomic E-state index is 6.09. The van der Waals surface area contributed by atoms with Crippen LogP contribution in [0.15, 0.2) is 46.3 Å². The van der Waals surface area contributed by atoms with Crippen LogP contribution < -0.4 is 5.32 Å². The summed E-state index contributed by atoms with van der Waals surface area (Å²) in [6, 6.07) is 10.4. The molecule has 24 heavy (non-hydrogen) atoms. The largest absolute Gasteiger partial charge is 0.457 e. The summed E-state index contributed by atoms with van der Waals surface area (Å²) in [6.45, 7) is 5.05. The van der Waals surface area contributed by atoms with Gasteiger partial charge in [-0.2, -0.15) is 0 Å². The highest BCUT2D eigenvalue weighted by atomic mass is 32.1. The van der Waals surface area contributed by atoms with Crippen LogP contribution in [0.2, 0.25) is 0 Å². The number of nitrogens with zero attached hydrogens (tertiary/aromatic N) is 2. The van der Waals surface area contributed by atoms with E-state index in [0.29, 0.717) is 0 Å². The molecule has 5 heteroatoms. The van der Waals surface area contributed by atoms with E-state index >= 15 is 0 Å². The standard InChI is InChI=1S/C19H23N3OS/c1-13-10-16(12-24-13)21-14(2)17-7-8-18(23-17)19-15(11-22(3)4)6-5-9-20-19/h5-10,12,14,21H,11H2,1-4H3. The van der Waals surface area contributed by atoms with Crippen molar-refractivity contribution in [1.29, 1.82) is 0 Å². The minimum absolute atomic E-state index is 0.105. The van der Waals surface area contributed by atoms with Gasteiger partial charge in [-0.3, -0.25) is 4.98 Å². The topological polar surface area (TPSA) is 41.3 Å². The molecule has 4 nitrogen and oxygen atoms in total. The maximum absolute atomic E-state index is 6.09. The predicted molar refractivity (Wildman–Crippen MR) is 100 cm³/mol. The van der Waals surface area contributed by atoms with Crippen molar-refractivity contribution in [2.24, 2.45) is 0 Å². The van der Waals surface area contributed by atoms with Crippen molar-refractivity contribution < 1.29 is 4.42 Å². The Kier molecular flexibility index (Phi) is 5.02. The Morgan fingerprint density at radius 1 is 1.29 bits per heavy atom. The zero-order valence-electron chi connectivity index (χ0n) is 14.5. The Hall–Kier alpha value is -2.11. The quantitative estimate of drug-likeness (QED) is 0.689. The molecule has 1 N–H and O–H groups in total. The molecule has 0 amide bonds. The molecule has 0 saturated carbocycles. The van der Waals surface area contributed by atoms with Gasteiger partial charge in [0.15, 0.2) is 5.76 Å². The Morgan fingerprint density at radius 2 is 2.12 bits per heavy atom. The van der Waals surface area contributed by atoms with Crippen molar-refractivity contribution in [2.75, 3.05) is 19.4 Å². The lowest BCUT2D eigenvalue weighted by Gasteiger charge is -2.13. The lowest BCUT2D eigenvalue weighted by molar-refractivity contribution is 0.401. The molecule has 0 fully saturated rings. The number of anilines is 1. The van der Waals surface area contributed by atoms with E-state index in [1.54, 1.807) is 11.3 Å². The summed E-state index contributed by atoms with van der Waals surface area (Å²) < 4.78 is 6.09. The third-order valence-electron chi connectivity index (χ3n) is 3.78. The molecule has 3 aromatic heterocycles. The molecule has 0 aliphatic rings. The van der Waals surface area contributed by atoms with Crippen LogP contribution in [0.5, 0.6) is 0 Å². The first kappa shape index (κ1) is 16.7. The van der Waals surface area contributed by atoms with Crippen molar-refractivity contribution in [2.45, 2.75) is 26.4 Å². The van der Waals surface area contributed by atoms with E-state index in [9.17, 15) is 0 Å². The smallest absolute Gasteiger partial charge is 0.153 e. The van der Waals surface area contributed by atoms with E-state index in [4.69, 9.17) is 4.42 Å². The number of hydrogen-bond acceptors (Lipinski definition) is 5. The van der Waals surface area contributed by atoms with Gasteiger partial charge in [0.1, 0.15) is 11.5 Å². The molecule has 3 rings (SSSR count). The van der Waals surface area contributed by atoms with Gasteiger partial charge in [0.2, 0.25) is 0 Å². The predicted octanol–water partition coefficient (Wildman–Crippen LogP) is 4.95. The third-order valence-corrected chi connectivity index (χ3v) is 4.64. The van der Waals surface area contributed by atoms with E-state index in [2.05, 4.69) is 60.7 Å². The van der Waals surface area contributed by atoms with Crippen LogP contribution in [0.1, 0.15) is 29.2 Å². The molecule has 3 heterocycles. The molecule has 0 aliphatic carbocycles. The molecule has 3 aromatic rings. The average Bonchev–Trinajstić information content (AvgIpc) is 3.16. The zero-order chi connectivity index (χ0) is 17.1. The molecular weight excluding hydrogens is 318 g/mol. The Balaban J connectivity index is 1.80. The SMILES string of the molecule is Cc1cc(NC(C)c2ccc(-c3ncccc3CN(C)C)o2)cs1. The lowest BCUT2D eigenvalue weighted by atomic mass is 10.1. The number of pyridine rings is 1. The first-order valence-electron chi connectivity index (χ1n) is 8.03. The molecule has 0 radical (unpaired) electrons. The van der Waals surface area contributed by atoms with Crippen LogP contribution in [-0.2, 0) is 6.54 Å². The van der Waals surface area contributed by atoms with E-state index in [0.717, 1.165) is 35.0 Å². The number of nitrogens with one attached hydrogen (secondary N) is 1. The monoisotopic (exact) mass is 341 g/mol. The number of rotatable bonds is 6. The summed E-state index contributed by atoms with van der Waals surface area (Å²) in [7, 11) is 4.11. The molecule has 0 aromatic carbocycles. The molecule has 126 valence electrons. The van der Waals surface area contributed by atoms with Gasteiger partial charge in [-0.1, -0.05) is 6.07 Å². The third kappa shape index (κ3) is 3.86. The van der Waals surface area contributed by atoms with Crippen molar-refractivity contribution in [3.63, 3.8) is 0 Å². The minimum atomic E-state index is 0.105. The minimum Gasteiger partial charge on any atom is -0.457 e. The van der Waals surface area contributed by atoms with Gasteiger partial charge >= 0.3 is 0 Å². The number of furan rings is 1. The van der Waals surface area contributed by atoms with Gasteiger partial charge in [-0.15, -0.1) is 11.3 Å². The Bertz CT molecular complexity index is 806. The van der Waals surface area contributed by atoms with Gasteiger partial charge in [0, 0.05) is 28.7 Å². The Labute approximate surface area is 147 Å². The fourth-order valence-electron chi connectivity index (χ4n) is 2.68. The summed E-state index contributed by atoms with van der Waals surface area (Å²) in [4.78, 5) is 7.95. The van der Waals surface area contributed by atoms with Crippen LogP contribution in [0.3, 0.4) is 0 Å². The normalized spacial score (nSPS) is 12.5. The van der Waals surface area contributed by atoms with Crippen LogP contribution in [0.4, 0.5) is 5.69 Å². The molecule has 0 bridgehead atoms. The summed E-state index contributed by atoms with van der Waals surface area (Å²) in [5.41, 5.74) is 3.21. The van der Waals surface area contributed by atoms with E-state index < -0.39 is 0 Å². The summed E-state index contributed by atoms with van der Waals surface area (Å²) in [6.07, 6.45) is 1.81. The molecule has 0 saturated heterocycles. The second-order valence-electron chi connectivity index (χ2n) is 6.26. The second-order valence-corrected chi connectivity index (χ2v) is 7.38. The van der Waals surface area contributed by atoms with Gasteiger partial charge in [0.05, 0.1) is 6.04 Å². The molecule has 0 aliphatic heterocycles. The average molecular weight is 341 g/mol. The van der Waals surface area contributed by atoms with Crippen molar-refractivity contribution in [1.82, 2.24) is 9.88 Å². The Morgan fingerprint density at radius 3 is 2.83 bits per heavy atom. The molecule has 1 unspecified atom stereocenters. The number of aromatic nitrogens is 1. The van der Waals surface area contributed by atoms with Crippen molar-refractivity contribution in [3.05, 3.63) is 58.1 Å². The van der Waals surface area contributed by atoms with E-state index in [1.807, 2.05) is 24.4 Å². The molecular formula is C19H23N3OS. The van der Waals surface area contributed by atoms with Gasteiger partial charge in [-0.05, 0) is 57.8 Å². The van der Waals surface area contributed by atoms with Crippen LogP contribution in [0.25, 0.3) is 11.5 Å². The van der Waals surface area contributed by atoms with Crippen LogP contribution in [0, 0.1) is 6.92 Å². The summed E-state index contributed by atoms with van der Waals surface area (Å²) in [5, 5.41) is 5.61. The zero-order valence-corrected chi connectivity index (χ0v) is 15.4. The first-order chi connectivity index (χ1) is 11.5. The number of hydrogen-bond donors (Lipinski definition) is 1. The highest BCUT2D eigenvalue weighted by Crippen LogP contribution is 2.29. The van der Waals surface area contributed by atoms with Gasteiger partial charge in [0.25, 0.3) is 0 Å². The molecule has 1 atom stereocenters. The maximum Gasteiger partial charge on any atom is 0.153 e. The summed E-state index contributed by atoms with van der Waals surface area (Å²) >= 11 is 1.74. The fraction of sp³-hybridized carbons (Fsp3) is 0.316. The summed E-state index contributed by atoms with van der Waals surface area (Å²) in [5.74, 6) is 1.73. The number of thiophene rings is 1. The lowest BCUT2D eigenvalue weighted by Crippen LogP contribution is -2.11.